The van der Waals surface area contributed by atoms with E-state index in [-0.39, 0.29) is 25.7 Å². The maximum absolute atomic E-state index is 13.2. The van der Waals surface area contributed by atoms with Gasteiger partial charge in [-0.1, -0.05) is 451 Å². The van der Waals surface area contributed by atoms with E-state index in [1.165, 1.54) is 334 Å². The molecule has 0 saturated heterocycles. The van der Waals surface area contributed by atoms with E-state index in [9.17, 15) is 43.2 Å². The number of unbranched alkanes of at least 4 members (excludes halogenated alkanes) is 66. The lowest BCUT2D eigenvalue weighted by molar-refractivity contribution is -0.161. The number of carbonyl (C=O) groups excluding carboxylic acids is 4. The van der Waals surface area contributed by atoms with Crippen LogP contribution in [0.25, 0.3) is 0 Å². The largest absolute Gasteiger partial charge is 0.472 e. The van der Waals surface area contributed by atoms with Crippen molar-refractivity contribution in [2.45, 2.75) is 521 Å². The van der Waals surface area contributed by atoms with Crippen LogP contribution in [0.3, 0.4) is 0 Å². The van der Waals surface area contributed by atoms with Crippen LogP contribution in [0.1, 0.15) is 503 Å². The van der Waals surface area contributed by atoms with Crippen molar-refractivity contribution in [1.29, 1.82) is 0 Å². The van der Waals surface area contributed by atoms with Crippen LogP contribution in [0, 0.1) is 0 Å². The fourth-order valence-electron chi connectivity index (χ4n) is 14.4. The number of esters is 4. The average Bonchev–Trinajstić information content (AvgIpc) is 0.905. The monoisotopic (exact) mass is 1610 g/mol. The van der Waals surface area contributed by atoms with E-state index in [4.69, 9.17) is 37.0 Å². The van der Waals surface area contributed by atoms with Crippen LogP contribution in [-0.4, -0.2) is 96.7 Å². The van der Waals surface area contributed by atoms with Crippen LogP contribution < -0.4 is 0 Å². The summed E-state index contributed by atoms with van der Waals surface area (Å²) in [5.41, 5.74) is 0. The predicted octanol–water partition coefficient (Wildman–Crippen LogP) is 28.5. The van der Waals surface area contributed by atoms with Gasteiger partial charge in [0.2, 0.25) is 0 Å². The van der Waals surface area contributed by atoms with Gasteiger partial charge in [-0.2, -0.15) is 0 Å². The molecule has 654 valence electrons. The number of rotatable bonds is 92. The number of ether oxygens (including phenoxy) is 4. The van der Waals surface area contributed by atoms with Gasteiger partial charge in [0.25, 0.3) is 0 Å². The van der Waals surface area contributed by atoms with Crippen molar-refractivity contribution < 1.29 is 80.2 Å². The highest BCUT2D eigenvalue weighted by Crippen LogP contribution is 2.45. The maximum atomic E-state index is 13.2. The highest BCUT2D eigenvalue weighted by molar-refractivity contribution is 7.47. The van der Waals surface area contributed by atoms with Gasteiger partial charge in [-0.05, 0) is 25.7 Å². The molecule has 0 aliphatic heterocycles. The SMILES string of the molecule is CCCCCCCCCCCCCCCCCCCCCCC(=O)O[C@H](COC(=O)CCCCCCCCCCCCCCCCCCCCC)COP(=O)(O)OC[C@@H](O)COP(=O)(O)OC[C@@H](COC(=O)CCCCCCCCCCCCCC)OC(=O)CCCCCCCCCCCCCCCCCCCCC. The molecule has 3 N–H and O–H groups in total. The zero-order valence-corrected chi connectivity index (χ0v) is 74.0. The van der Waals surface area contributed by atoms with Crippen LogP contribution in [0.5, 0.6) is 0 Å². The molecule has 17 nitrogen and oxygen atoms in total. The van der Waals surface area contributed by atoms with Gasteiger partial charge in [-0.15, -0.1) is 0 Å². The third kappa shape index (κ3) is 84.0. The summed E-state index contributed by atoms with van der Waals surface area (Å²) < 4.78 is 69.1. The van der Waals surface area contributed by atoms with Crippen LogP contribution in [0.2, 0.25) is 0 Å². The Bertz CT molecular complexity index is 2070. The summed E-state index contributed by atoms with van der Waals surface area (Å²) in [5.74, 6) is -2.09. The van der Waals surface area contributed by atoms with Gasteiger partial charge < -0.3 is 33.8 Å². The first-order valence-corrected chi connectivity index (χ1v) is 50.3. The van der Waals surface area contributed by atoms with Crippen molar-refractivity contribution in [2.75, 3.05) is 39.6 Å². The van der Waals surface area contributed by atoms with E-state index < -0.39 is 97.5 Å². The number of hydrogen-bond donors (Lipinski definition) is 3. The van der Waals surface area contributed by atoms with Crippen LogP contribution >= 0.6 is 15.6 Å². The Kier molecular flexibility index (Phi) is 83.5. The van der Waals surface area contributed by atoms with E-state index in [1.54, 1.807) is 0 Å². The summed E-state index contributed by atoms with van der Waals surface area (Å²) in [7, 11) is -9.93. The van der Waals surface area contributed by atoms with Crippen molar-refractivity contribution in [3.63, 3.8) is 0 Å². The Labute approximate surface area is 677 Å². The van der Waals surface area contributed by atoms with E-state index in [0.717, 1.165) is 89.9 Å². The number of phosphoric ester groups is 2. The maximum Gasteiger partial charge on any atom is 0.472 e. The van der Waals surface area contributed by atoms with Gasteiger partial charge in [0.15, 0.2) is 12.2 Å². The van der Waals surface area contributed by atoms with E-state index in [0.29, 0.717) is 25.7 Å². The molecule has 0 aromatic rings. The van der Waals surface area contributed by atoms with E-state index in [1.807, 2.05) is 0 Å². The Hall–Kier alpha value is -1.94. The summed E-state index contributed by atoms with van der Waals surface area (Å²) in [6.45, 7) is 5.09. The number of phosphoric acid groups is 2. The molecule has 0 amide bonds. The molecule has 19 heteroatoms. The minimum Gasteiger partial charge on any atom is -0.462 e. The number of aliphatic hydroxyl groups excluding tert-OH is 1. The van der Waals surface area contributed by atoms with Crippen molar-refractivity contribution in [1.82, 2.24) is 0 Å². The van der Waals surface area contributed by atoms with E-state index in [2.05, 4.69) is 27.7 Å². The molecule has 0 saturated carbocycles. The minimum absolute atomic E-state index is 0.110. The summed E-state index contributed by atoms with van der Waals surface area (Å²) in [5, 5.41) is 10.7. The zero-order valence-electron chi connectivity index (χ0n) is 72.3. The number of hydrogen-bond acceptors (Lipinski definition) is 15. The van der Waals surface area contributed by atoms with Gasteiger partial charge in [-0.3, -0.25) is 37.3 Å². The first kappa shape index (κ1) is 108. The predicted molar refractivity (Wildman–Crippen MR) is 455 cm³/mol. The Morgan fingerprint density at radius 2 is 0.364 bits per heavy atom. The van der Waals surface area contributed by atoms with E-state index >= 15 is 0 Å². The topological polar surface area (TPSA) is 237 Å². The average molecular weight is 1610 g/mol. The second-order valence-electron chi connectivity index (χ2n) is 32.7. The first-order chi connectivity index (χ1) is 53.7. The molecule has 0 bridgehead atoms. The van der Waals surface area contributed by atoms with Crippen molar-refractivity contribution in [3.8, 4) is 0 Å². The molecule has 0 fully saturated rings. The molecular weight excluding hydrogens is 1430 g/mol. The van der Waals surface area contributed by atoms with Gasteiger partial charge in [0, 0.05) is 25.7 Å². The zero-order chi connectivity index (χ0) is 80.3. The lowest BCUT2D eigenvalue weighted by atomic mass is 10.0. The molecule has 5 atom stereocenters. The molecule has 0 heterocycles. The lowest BCUT2D eigenvalue weighted by Gasteiger charge is -2.21. The van der Waals surface area contributed by atoms with Crippen LogP contribution in [-0.2, 0) is 65.4 Å². The highest BCUT2D eigenvalue weighted by Gasteiger charge is 2.31. The van der Waals surface area contributed by atoms with Crippen LogP contribution in [0.4, 0.5) is 0 Å². The lowest BCUT2D eigenvalue weighted by Crippen LogP contribution is -2.30. The second kappa shape index (κ2) is 85.0. The van der Waals surface area contributed by atoms with Gasteiger partial charge >= 0.3 is 39.5 Å². The molecular formula is C91H178O17P2. The molecule has 110 heavy (non-hydrogen) atoms. The normalized spacial score (nSPS) is 13.6. The summed E-state index contributed by atoms with van der Waals surface area (Å²) in [4.78, 5) is 73.4. The molecule has 0 aromatic carbocycles. The summed E-state index contributed by atoms with van der Waals surface area (Å²) in [6.07, 6.45) is 82.0. The van der Waals surface area contributed by atoms with Crippen molar-refractivity contribution in [2.24, 2.45) is 0 Å². The Balaban J connectivity index is 5.24. The Morgan fingerprint density at radius 1 is 0.218 bits per heavy atom. The highest BCUT2D eigenvalue weighted by atomic mass is 31.2. The quantitative estimate of drug-likeness (QED) is 0.0222. The number of aliphatic hydroxyl groups is 1. The van der Waals surface area contributed by atoms with Crippen LogP contribution in [0.15, 0.2) is 0 Å². The minimum atomic E-state index is -4.97. The fraction of sp³-hybridized carbons (Fsp3) is 0.956. The molecule has 0 aromatic heterocycles. The third-order valence-electron chi connectivity index (χ3n) is 21.6. The third-order valence-corrected chi connectivity index (χ3v) is 23.5. The molecule has 0 aliphatic carbocycles. The van der Waals surface area contributed by atoms with Gasteiger partial charge in [0.1, 0.15) is 19.3 Å². The van der Waals surface area contributed by atoms with Gasteiger partial charge in [0.05, 0.1) is 26.4 Å². The fourth-order valence-corrected chi connectivity index (χ4v) is 16.0. The molecule has 0 radical (unpaired) electrons. The summed E-state index contributed by atoms with van der Waals surface area (Å²) >= 11 is 0. The molecule has 0 spiro atoms. The first-order valence-electron chi connectivity index (χ1n) is 47.3. The molecule has 0 rings (SSSR count). The second-order valence-corrected chi connectivity index (χ2v) is 35.6. The van der Waals surface area contributed by atoms with Gasteiger partial charge in [-0.25, -0.2) is 9.13 Å². The molecule has 2 unspecified atom stereocenters. The molecule has 0 aliphatic rings. The standard InChI is InChI=1S/C91H178O17P2/c1-5-9-13-17-21-25-29-33-36-39-42-45-48-51-54-58-62-66-70-74-78-91(96)108-87(82-102-89(94)76-72-68-64-60-56-52-49-46-43-40-37-34-30-26-22-18-14-10-6-2)84-106-110(99,100)104-80-85(92)79-103-109(97,98)105-83-86(81-101-88(93)75-71-67-63-59-55-32-28-24-20-16-12-8-4)107-90(95)77-73-69-65-61-57-53-50-47-44-41-38-35-31-27-23-19-15-11-7-3/h85-87,92H,5-84H2,1-4H3,(H,97,98)(H,99,100)/t85-,86+,87+/m0/s1. The number of carbonyl (C=O) groups is 4. The summed E-state index contributed by atoms with van der Waals surface area (Å²) in [6, 6.07) is 0. The van der Waals surface area contributed by atoms with Crippen molar-refractivity contribution >= 4 is 39.5 Å². The Morgan fingerprint density at radius 3 is 0.536 bits per heavy atom. The smallest absolute Gasteiger partial charge is 0.462 e. The van der Waals surface area contributed by atoms with Crippen molar-refractivity contribution in [3.05, 3.63) is 0 Å².